The summed E-state index contributed by atoms with van der Waals surface area (Å²) in [6, 6.07) is 9.76. The van der Waals surface area contributed by atoms with Crippen molar-refractivity contribution in [1.29, 1.82) is 0 Å². The van der Waals surface area contributed by atoms with Crippen LogP contribution in [0.15, 0.2) is 36.4 Å². The summed E-state index contributed by atoms with van der Waals surface area (Å²) in [5.41, 5.74) is 1.25. The molecule has 2 rings (SSSR count). The maximum Gasteiger partial charge on any atom is 0.252 e. The summed E-state index contributed by atoms with van der Waals surface area (Å²) in [6.07, 6.45) is 0. The average Bonchev–Trinajstić information content (AvgIpc) is 2.84. The van der Waals surface area contributed by atoms with E-state index in [4.69, 9.17) is 18.9 Å². The lowest BCUT2D eigenvalue weighted by atomic mass is 10.0. The van der Waals surface area contributed by atoms with Crippen molar-refractivity contribution in [2.45, 2.75) is 33.4 Å². The minimum absolute atomic E-state index is 0.117. The zero-order valence-electron chi connectivity index (χ0n) is 20.4. The Bertz CT molecular complexity index is 938. The van der Waals surface area contributed by atoms with Gasteiger partial charge in [0.25, 0.3) is 5.91 Å². The maximum absolute atomic E-state index is 13.4. The van der Waals surface area contributed by atoms with Crippen LogP contribution in [0.1, 0.15) is 36.7 Å². The zero-order chi connectivity index (χ0) is 24.5. The van der Waals surface area contributed by atoms with Crippen LogP contribution >= 0.6 is 0 Å². The highest BCUT2D eigenvalue weighted by atomic mass is 16.5. The van der Waals surface area contributed by atoms with E-state index < -0.39 is 6.04 Å². The zero-order valence-corrected chi connectivity index (χ0v) is 20.4. The molecule has 0 fully saturated rings. The Morgan fingerprint density at radius 1 is 0.879 bits per heavy atom. The van der Waals surface area contributed by atoms with Crippen LogP contribution in [0, 0.1) is 5.92 Å². The molecule has 0 bridgehead atoms. The van der Waals surface area contributed by atoms with Crippen molar-refractivity contribution in [2.24, 2.45) is 5.92 Å². The monoisotopic (exact) mass is 458 g/mol. The molecule has 0 saturated carbocycles. The van der Waals surface area contributed by atoms with E-state index in [0.29, 0.717) is 41.7 Å². The van der Waals surface area contributed by atoms with Crippen LogP contribution in [0.25, 0.3) is 0 Å². The Kier molecular flexibility index (Phi) is 9.39. The van der Waals surface area contributed by atoms with Crippen LogP contribution in [-0.4, -0.2) is 57.7 Å². The Balaban J connectivity index is 2.23. The number of ether oxygens (including phenoxy) is 4. The van der Waals surface area contributed by atoms with E-state index in [1.54, 1.807) is 37.3 Å². The highest BCUT2D eigenvalue weighted by molar-refractivity contribution is 5.98. The maximum atomic E-state index is 13.4. The second-order valence-electron chi connectivity index (χ2n) is 7.84. The van der Waals surface area contributed by atoms with Crippen LogP contribution in [0.2, 0.25) is 0 Å². The summed E-state index contributed by atoms with van der Waals surface area (Å²) < 4.78 is 21.2. The van der Waals surface area contributed by atoms with Crippen LogP contribution in [0.4, 0.5) is 0 Å². The Morgan fingerprint density at radius 3 is 1.97 bits per heavy atom. The van der Waals surface area contributed by atoms with Gasteiger partial charge in [-0.2, -0.15) is 0 Å². The number of rotatable bonds is 11. The Morgan fingerprint density at radius 2 is 1.48 bits per heavy atom. The van der Waals surface area contributed by atoms with E-state index in [0.717, 1.165) is 5.56 Å². The number of carbonyl (C=O) groups excluding carboxylic acids is 2. The number of amides is 2. The van der Waals surface area contributed by atoms with Crippen molar-refractivity contribution < 1.29 is 28.5 Å². The molecule has 1 N–H and O–H groups in total. The van der Waals surface area contributed by atoms with Crippen LogP contribution in [0.3, 0.4) is 0 Å². The first-order valence-corrected chi connectivity index (χ1v) is 10.8. The molecule has 0 spiro atoms. The van der Waals surface area contributed by atoms with E-state index in [2.05, 4.69) is 5.32 Å². The summed E-state index contributed by atoms with van der Waals surface area (Å²) >= 11 is 0. The molecular formula is C25H34N2O6. The van der Waals surface area contributed by atoms with Gasteiger partial charge in [-0.05, 0) is 42.7 Å². The van der Waals surface area contributed by atoms with Crippen molar-refractivity contribution in [3.63, 3.8) is 0 Å². The molecule has 33 heavy (non-hydrogen) atoms. The van der Waals surface area contributed by atoms with Crippen molar-refractivity contribution in [1.82, 2.24) is 10.2 Å². The summed E-state index contributed by atoms with van der Waals surface area (Å²) in [5.74, 6) is 1.56. The number of nitrogens with zero attached hydrogens (tertiary/aromatic N) is 1. The minimum atomic E-state index is -0.699. The topological polar surface area (TPSA) is 86.3 Å². The molecule has 0 saturated heterocycles. The molecule has 2 amide bonds. The molecule has 0 aromatic heterocycles. The third kappa shape index (κ3) is 6.54. The van der Waals surface area contributed by atoms with Crippen molar-refractivity contribution in [3.05, 3.63) is 47.5 Å². The summed E-state index contributed by atoms with van der Waals surface area (Å²) in [4.78, 5) is 28.1. The van der Waals surface area contributed by atoms with Crippen molar-refractivity contribution >= 4 is 11.8 Å². The summed E-state index contributed by atoms with van der Waals surface area (Å²) in [6.45, 7) is 6.57. The SMILES string of the molecule is CCN(Cc1ccc(OC)c(OC)c1)C(=O)C(NC(=O)c1cc(OC)cc(OC)c1)C(C)C. The molecule has 2 aromatic rings. The number of hydrogen-bond donors (Lipinski definition) is 1. The number of carbonyl (C=O) groups is 2. The largest absolute Gasteiger partial charge is 0.497 e. The van der Waals surface area contributed by atoms with E-state index in [1.165, 1.54) is 14.2 Å². The van der Waals surface area contributed by atoms with Gasteiger partial charge in [-0.3, -0.25) is 9.59 Å². The predicted molar refractivity (Wildman–Crippen MR) is 126 cm³/mol. The minimum Gasteiger partial charge on any atom is -0.497 e. The summed E-state index contributed by atoms with van der Waals surface area (Å²) in [7, 11) is 6.18. The molecule has 0 aliphatic heterocycles. The fourth-order valence-electron chi connectivity index (χ4n) is 3.42. The van der Waals surface area contributed by atoms with Crippen LogP contribution < -0.4 is 24.3 Å². The molecule has 2 aromatic carbocycles. The first kappa shape index (κ1) is 25.8. The summed E-state index contributed by atoms with van der Waals surface area (Å²) in [5, 5.41) is 2.89. The second kappa shape index (κ2) is 12.0. The molecule has 0 aliphatic rings. The highest BCUT2D eigenvalue weighted by Crippen LogP contribution is 2.28. The van der Waals surface area contributed by atoms with Gasteiger partial charge in [0.1, 0.15) is 17.5 Å². The van der Waals surface area contributed by atoms with E-state index in [9.17, 15) is 9.59 Å². The Labute approximate surface area is 195 Å². The quantitative estimate of drug-likeness (QED) is 0.555. The van der Waals surface area contributed by atoms with Gasteiger partial charge in [-0.25, -0.2) is 0 Å². The molecule has 8 heteroatoms. The molecule has 1 unspecified atom stereocenters. The fourth-order valence-corrected chi connectivity index (χ4v) is 3.42. The van der Waals surface area contributed by atoms with Gasteiger partial charge in [0.2, 0.25) is 5.91 Å². The Hall–Kier alpha value is -3.42. The lowest BCUT2D eigenvalue weighted by molar-refractivity contribution is -0.134. The van der Waals surface area contributed by atoms with Gasteiger partial charge in [-0.15, -0.1) is 0 Å². The molecule has 0 radical (unpaired) electrons. The lowest BCUT2D eigenvalue weighted by Crippen LogP contribution is -2.51. The average molecular weight is 459 g/mol. The lowest BCUT2D eigenvalue weighted by Gasteiger charge is -2.29. The van der Waals surface area contributed by atoms with Crippen LogP contribution in [-0.2, 0) is 11.3 Å². The standard InChI is InChI=1S/C25H34N2O6/c1-8-27(15-17-9-10-21(32-6)22(11-17)33-7)25(29)23(16(2)3)26-24(28)18-12-19(30-4)14-20(13-18)31-5/h9-14,16,23H,8,15H2,1-7H3,(H,26,28). The van der Waals surface area contributed by atoms with Gasteiger partial charge < -0.3 is 29.2 Å². The number of hydrogen-bond acceptors (Lipinski definition) is 6. The molecule has 1 atom stereocenters. The van der Waals surface area contributed by atoms with Crippen molar-refractivity contribution in [3.8, 4) is 23.0 Å². The van der Waals surface area contributed by atoms with Gasteiger partial charge in [-0.1, -0.05) is 19.9 Å². The second-order valence-corrected chi connectivity index (χ2v) is 7.84. The molecule has 180 valence electrons. The third-order valence-corrected chi connectivity index (χ3v) is 5.35. The number of benzene rings is 2. The van der Waals surface area contributed by atoms with Gasteiger partial charge in [0, 0.05) is 24.7 Å². The van der Waals surface area contributed by atoms with Crippen molar-refractivity contribution in [2.75, 3.05) is 35.0 Å². The fraction of sp³-hybridized carbons (Fsp3) is 0.440. The highest BCUT2D eigenvalue weighted by Gasteiger charge is 2.29. The number of likely N-dealkylation sites (N-methyl/N-ethyl adjacent to an activating group) is 1. The molecule has 8 nitrogen and oxygen atoms in total. The molecule has 0 heterocycles. The number of nitrogens with one attached hydrogen (secondary N) is 1. The van der Waals surface area contributed by atoms with Gasteiger partial charge in [0.05, 0.1) is 28.4 Å². The third-order valence-electron chi connectivity index (χ3n) is 5.35. The number of methoxy groups -OCH3 is 4. The molecular weight excluding hydrogens is 424 g/mol. The van der Waals surface area contributed by atoms with E-state index in [-0.39, 0.29) is 17.7 Å². The smallest absolute Gasteiger partial charge is 0.252 e. The molecule has 0 aliphatic carbocycles. The first-order valence-electron chi connectivity index (χ1n) is 10.8. The van der Waals surface area contributed by atoms with E-state index >= 15 is 0 Å². The van der Waals surface area contributed by atoms with E-state index in [1.807, 2.05) is 39.0 Å². The van der Waals surface area contributed by atoms with Gasteiger partial charge >= 0.3 is 0 Å². The van der Waals surface area contributed by atoms with Gasteiger partial charge in [0.15, 0.2) is 11.5 Å². The first-order chi connectivity index (χ1) is 15.8. The predicted octanol–water partition coefficient (Wildman–Crippen LogP) is 3.52. The normalized spacial score (nSPS) is 11.5. The van der Waals surface area contributed by atoms with Crippen LogP contribution in [0.5, 0.6) is 23.0 Å².